The van der Waals surface area contributed by atoms with E-state index >= 15 is 0 Å². The van der Waals surface area contributed by atoms with Gasteiger partial charge < -0.3 is 19.1 Å². The summed E-state index contributed by atoms with van der Waals surface area (Å²) < 4.78 is 11.3. The molecule has 0 unspecified atom stereocenters. The van der Waals surface area contributed by atoms with Crippen molar-refractivity contribution in [3.63, 3.8) is 0 Å². The third kappa shape index (κ3) is 3.16. The maximum absolute atomic E-state index is 12.0. The minimum Gasteiger partial charge on any atom is -0.451 e. The van der Waals surface area contributed by atoms with Crippen molar-refractivity contribution in [2.75, 3.05) is 27.2 Å². The van der Waals surface area contributed by atoms with Crippen LogP contribution in [0.1, 0.15) is 21.8 Å². The standard InChI is InChI=1S/C17H20N4O3/c1-10-5-6-13-12(9-10)11(2)14(23-13)16-19-20-17(24-16)15(22)18-7-8-21(3)4/h5-6,9H,7-8H2,1-4H3,(H,18,22). The Morgan fingerprint density at radius 1 is 1.21 bits per heavy atom. The number of fused-ring (bicyclic) bond motifs is 1. The van der Waals surface area contributed by atoms with Gasteiger partial charge in [0.05, 0.1) is 0 Å². The fourth-order valence-corrected chi connectivity index (χ4v) is 2.41. The quantitative estimate of drug-likeness (QED) is 0.774. The summed E-state index contributed by atoms with van der Waals surface area (Å²) in [5.74, 6) is 0.245. The Bertz CT molecular complexity index is 879. The molecule has 3 rings (SSSR count). The zero-order valence-corrected chi connectivity index (χ0v) is 14.2. The van der Waals surface area contributed by atoms with Crippen LogP contribution in [0.5, 0.6) is 0 Å². The molecule has 0 spiro atoms. The molecule has 0 aliphatic carbocycles. The van der Waals surface area contributed by atoms with Crippen molar-refractivity contribution < 1.29 is 13.6 Å². The van der Waals surface area contributed by atoms with Crippen LogP contribution < -0.4 is 5.32 Å². The average molecular weight is 328 g/mol. The Hall–Kier alpha value is -2.67. The van der Waals surface area contributed by atoms with E-state index in [-0.39, 0.29) is 17.7 Å². The molecule has 1 amide bonds. The van der Waals surface area contributed by atoms with Crippen LogP contribution in [-0.4, -0.2) is 48.2 Å². The minimum absolute atomic E-state index is 0.0696. The molecule has 7 heteroatoms. The fourth-order valence-electron chi connectivity index (χ4n) is 2.41. The summed E-state index contributed by atoms with van der Waals surface area (Å²) >= 11 is 0. The maximum atomic E-state index is 12.0. The highest BCUT2D eigenvalue weighted by Crippen LogP contribution is 2.32. The van der Waals surface area contributed by atoms with Gasteiger partial charge in [-0.05, 0) is 40.1 Å². The zero-order valence-electron chi connectivity index (χ0n) is 14.2. The highest BCUT2D eigenvalue weighted by Gasteiger charge is 2.21. The molecule has 24 heavy (non-hydrogen) atoms. The van der Waals surface area contributed by atoms with Gasteiger partial charge in [-0.1, -0.05) is 11.6 Å². The monoisotopic (exact) mass is 328 g/mol. The van der Waals surface area contributed by atoms with E-state index in [4.69, 9.17) is 8.83 Å². The molecule has 0 atom stereocenters. The summed E-state index contributed by atoms with van der Waals surface area (Å²) in [6.45, 7) is 5.19. The van der Waals surface area contributed by atoms with Gasteiger partial charge in [0.2, 0.25) is 0 Å². The van der Waals surface area contributed by atoms with Gasteiger partial charge in [-0.25, -0.2) is 0 Å². The van der Waals surface area contributed by atoms with E-state index in [0.29, 0.717) is 12.3 Å². The van der Waals surface area contributed by atoms with Crippen LogP contribution in [-0.2, 0) is 0 Å². The Kier molecular flexibility index (Phi) is 4.35. The Morgan fingerprint density at radius 3 is 2.75 bits per heavy atom. The molecule has 7 nitrogen and oxygen atoms in total. The zero-order chi connectivity index (χ0) is 17.3. The van der Waals surface area contributed by atoms with E-state index in [0.717, 1.165) is 28.6 Å². The number of nitrogens with one attached hydrogen (secondary N) is 1. The number of likely N-dealkylation sites (N-methyl/N-ethyl adjacent to an activating group) is 1. The number of aryl methyl sites for hydroxylation is 2. The van der Waals surface area contributed by atoms with Crippen LogP contribution in [0.3, 0.4) is 0 Å². The molecule has 3 aromatic rings. The molecule has 2 aromatic heterocycles. The second-order valence-corrected chi connectivity index (χ2v) is 6.03. The van der Waals surface area contributed by atoms with Crippen molar-refractivity contribution in [3.8, 4) is 11.7 Å². The van der Waals surface area contributed by atoms with E-state index in [1.807, 2.05) is 51.0 Å². The molecule has 0 aliphatic rings. The number of amides is 1. The summed E-state index contributed by atoms with van der Waals surface area (Å²) in [6, 6.07) is 5.93. The van der Waals surface area contributed by atoms with E-state index in [1.54, 1.807) is 0 Å². The first-order chi connectivity index (χ1) is 11.5. The predicted octanol–water partition coefficient (Wildman–Crippen LogP) is 2.39. The highest BCUT2D eigenvalue weighted by molar-refractivity contribution is 5.90. The van der Waals surface area contributed by atoms with Gasteiger partial charge in [0.25, 0.3) is 5.89 Å². The molecule has 0 saturated heterocycles. The maximum Gasteiger partial charge on any atom is 0.308 e. The number of benzene rings is 1. The highest BCUT2D eigenvalue weighted by atomic mass is 16.4. The van der Waals surface area contributed by atoms with E-state index in [2.05, 4.69) is 15.5 Å². The van der Waals surface area contributed by atoms with Crippen LogP contribution in [0.4, 0.5) is 0 Å². The number of carbonyl (C=O) groups is 1. The van der Waals surface area contributed by atoms with Gasteiger partial charge in [0.1, 0.15) is 5.58 Å². The van der Waals surface area contributed by atoms with Crippen LogP contribution in [0.25, 0.3) is 22.6 Å². The van der Waals surface area contributed by atoms with Gasteiger partial charge >= 0.3 is 11.8 Å². The lowest BCUT2D eigenvalue weighted by atomic mass is 10.1. The third-order valence-corrected chi connectivity index (χ3v) is 3.75. The first-order valence-electron chi connectivity index (χ1n) is 7.72. The normalized spacial score (nSPS) is 11.4. The lowest BCUT2D eigenvalue weighted by Crippen LogP contribution is -2.31. The van der Waals surface area contributed by atoms with Gasteiger partial charge in [0, 0.05) is 24.0 Å². The topological polar surface area (TPSA) is 84.4 Å². The summed E-state index contributed by atoms with van der Waals surface area (Å²) in [5, 5.41) is 11.5. The first-order valence-corrected chi connectivity index (χ1v) is 7.72. The van der Waals surface area contributed by atoms with Crippen LogP contribution >= 0.6 is 0 Å². The van der Waals surface area contributed by atoms with Gasteiger partial charge in [-0.2, -0.15) is 0 Å². The number of rotatable bonds is 5. The molecule has 1 aromatic carbocycles. The fraction of sp³-hybridized carbons (Fsp3) is 0.353. The Labute approximate surface area is 139 Å². The largest absolute Gasteiger partial charge is 0.451 e. The molecule has 0 aliphatic heterocycles. The molecule has 1 N–H and O–H groups in total. The van der Waals surface area contributed by atoms with Crippen molar-refractivity contribution in [2.24, 2.45) is 0 Å². The van der Waals surface area contributed by atoms with E-state index < -0.39 is 0 Å². The molecular weight excluding hydrogens is 308 g/mol. The molecule has 2 heterocycles. The summed E-state index contributed by atoms with van der Waals surface area (Å²) in [6.07, 6.45) is 0. The molecule has 126 valence electrons. The third-order valence-electron chi connectivity index (χ3n) is 3.75. The molecule has 0 radical (unpaired) electrons. The molecule has 0 bridgehead atoms. The number of aromatic nitrogens is 2. The van der Waals surface area contributed by atoms with Crippen molar-refractivity contribution >= 4 is 16.9 Å². The summed E-state index contributed by atoms with van der Waals surface area (Å²) in [4.78, 5) is 14.0. The van der Waals surface area contributed by atoms with Crippen molar-refractivity contribution in [2.45, 2.75) is 13.8 Å². The van der Waals surface area contributed by atoms with Crippen molar-refractivity contribution in [3.05, 3.63) is 35.2 Å². The Morgan fingerprint density at radius 2 is 2.00 bits per heavy atom. The van der Waals surface area contributed by atoms with Crippen molar-refractivity contribution in [1.29, 1.82) is 0 Å². The van der Waals surface area contributed by atoms with Gasteiger partial charge in [-0.15, -0.1) is 10.2 Å². The number of hydrogen-bond acceptors (Lipinski definition) is 6. The van der Waals surface area contributed by atoms with Crippen molar-refractivity contribution in [1.82, 2.24) is 20.4 Å². The SMILES string of the molecule is Cc1ccc2oc(-c3nnc(C(=O)NCCN(C)C)o3)c(C)c2c1. The minimum atomic E-state index is -0.389. The summed E-state index contributed by atoms with van der Waals surface area (Å²) in [7, 11) is 3.87. The number of carbonyl (C=O) groups excluding carboxylic acids is 1. The smallest absolute Gasteiger partial charge is 0.308 e. The van der Waals surface area contributed by atoms with E-state index in [9.17, 15) is 4.79 Å². The Balaban J connectivity index is 1.83. The molecular formula is C17H20N4O3. The lowest BCUT2D eigenvalue weighted by Gasteiger charge is -2.08. The summed E-state index contributed by atoms with van der Waals surface area (Å²) in [5.41, 5.74) is 2.81. The van der Waals surface area contributed by atoms with Gasteiger partial charge in [-0.3, -0.25) is 4.79 Å². The second-order valence-electron chi connectivity index (χ2n) is 6.03. The molecule has 0 saturated carbocycles. The predicted molar refractivity (Wildman–Crippen MR) is 89.9 cm³/mol. The van der Waals surface area contributed by atoms with E-state index in [1.165, 1.54) is 0 Å². The second kappa shape index (κ2) is 6.45. The lowest BCUT2D eigenvalue weighted by molar-refractivity contribution is 0.0917. The molecule has 0 fully saturated rings. The van der Waals surface area contributed by atoms with Crippen LogP contribution in [0.15, 0.2) is 27.0 Å². The average Bonchev–Trinajstić information content (AvgIpc) is 3.12. The first kappa shape index (κ1) is 16.2. The number of nitrogens with zero attached hydrogens (tertiary/aromatic N) is 3. The van der Waals surface area contributed by atoms with Crippen LogP contribution in [0.2, 0.25) is 0 Å². The van der Waals surface area contributed by atoms with Gasteiger partial charge in [0.15, 0.2) is 5.76 Å². The van der Waals surface area contributed by atoms with Crippen LogP contribution in [0, 0.1) is 13.8 Å². The number of furan rings is 1. The number of hydrogen-bond donors (Lipinski definition) is 1.